The lowest BCUT2D eigenvalue weighted by Crippen LogP contribution is -2.34. The van der Waals surface area contributed by atoms with Crippen molar-refractivity contribution in [2.45, 2.75) is 104 Å². The van der Waals surface area contributed by atoms with E-state index >= 15 is 0 Å². The van der Waals surface area contributed by atoms with Gasteiger partial charge in [0.2, 0.25) is 23.0 Å². The Balaban J connectivity index is 0.000000189. The fourth-order valence-electron chi connectivity index (χ4n) is 7.44. The summed E-state index contributed by atoms with van der Waals surface area (Å²) in [6.45, 7) is 28.1. The maximum atomic E-state index is 12.3. The quantitative estimate of drug-likeness (QED) is 0.133. The summed E-state index contributed by atoms with van der Waals surface area (Å²) in [6.07, 6.45) is 2.93. The third-order valence-corrected chi connectivity index (χ3v) is 9.99. The summed E-state index contributed by atoms with van der Waals surface area (Å²) in [6, 6.07) is 22.4. The molecule has 0 aliphatic heterocycles. The van der Waals surface area contributed by atoms with E-state index in [0.29, 0.717) is 57.4 Å². The van der Waals surface area contributed by atoms with E-state index in [9.17, 15) is 4.79 Å². The first-order valence-electron chi connectivity index (χ1n) is 20.2. The van der Waals surface area contributed by atoms with Gasteiger partial charge >= 0.3 is 6.09 Å². The van der Waals surface area contributed by atoms with Crippen LogP contribution in [0.4, 0.5) is 16.2 Å². The lowest BCUT2D eigenvalue weighted by molar-refractivity contribution is 0.0503. The van der Waals surface area contributed by atoms with Gasteiger partial charge in [-0.3, -0.25) is 0 Å². The first-order valence-corrected chi connectivity index (χ1v) is 20.2. The van der Waals surface area contributed by atoms with Gasteiger partial charge in [0, 0.05) is 28.3 Å². The van der Waals surface area contributed by atoms with Crippen molar-refractivity contribution in [3.63, 3.8) is 0 Å². The van der Waals surface area contributed by atoms with Crippen molar-refractivity contribution < 1.29 is 28.1 Å². The van der Waals surface area contributed by atoms with Crippen molar-refractivity contribution in [1.82, 2.24) is 25.6 Å². The van der Waals surface area contributed by atoms with Gasteiger partial charge < -0.3 is 34.3 Å². The standard InChI is InChI=1S/C26H28N4O4.C21H20N4O2/c1-15(2)32-22-13-10-16(14-21(22)27-6)24-29-23(30-34-24)19-9-7-8-18-17(19)11-12-20(18)28-25(31)33-26(3,4)5;1-12(2)26-19-10-7-13(11-18(19)23-3)21-24-20(25-27-21)16-6-4-5-15-14(16)8-9-17(15)22/h7-10,13-15,20H,11-12H2,1-5H3,(H,28,31);4-7,10-12,17H,8-9,22H2,1-2H3/t20-;17-/m11/s1. The predicted octanol–water partition coefficient (Wildman–Crippen LogP) is 10.9. The molecular formula is C47H48N8O6. The highest BCUT2D eigenvalue weighted by Crippen LogP contribution is 2.40. The zero-order chi connectivity index (χ0) is 43.4. The topological polar surface area (TPSA) is 169 Å². The molecule has 2 atom stereocenters. The molecule has 8 rings (SSSR count). The van der Waals surface area contributed by atoms with Crippen LogP contribution in [-0.2, 0) is 17.6 Å². The molecule has 1 amide bonds. The van der Waals surface area contributed by atoms with Crippen LogP contribution in [0.1, 0.15) is 95.6 Å². The smallest absolute Gasteiger partial charge is 0.408 e. The molecule has 14 nitrogen and oxygen atoms in total. The molecule has 0 unspecified atom stereocenters. The molecule has 0 spiro atoms. The Bertz CT molecular complexity index is 2640. The molecule has 0 saturated heterocycles. The monoisotopic (exact) mass is 820 g/mol. The number of hydrogen-bond acceptors (Lipinski definition) is 11. The van der Waals surface area contributed by atoms with Gasteiger partial charge in [-0.25, -0.2) is 14.5 Å². The summed E-state index contributed by atoms with van der Waals surface area (Å²) in [5, 5.41) is 11.3. The fraction of sp³-hybridized carbons (Fsp3) is 0.340. The van der Waals surface area contributed by atoms with E-state index < -0.39 is 11.7 Å². The van der Waals surface area contributed by atoms with Gasteiger partial charge in [0.15, 0.2) is 0 Å². The number of rotatable bonds is 9. The summed E-state index contributed by atoms with van der Waals surface area (Å²) in [7, 11) is 0. The first kappa shape index (κ1) is 42.1. The van der Waals surface area contributed by atoms with Crippen molar-refractivity contribution in [3.05, 3.63) is 118 Å². The number of carbonyl (C=O) groups is 1. The molecular weight excluding hydrogens is 773 g/mol. The van der Waals surface area contributed by atoms with Crippen molar-refractivity contribution in [2.24, 2.45) is 5.73 Å². The lowest BCUT2D eigenvalue weighted by atomic mass is 10.0. The van der Waals surface area contributed by atoms with Crippen LogP contribution in [0.15, 0.2) is 81.8 Å². The molecule has 61 heavy (non-hydrogen) atoms. The fourth-order valence-corrected chi connectivity index (χ4v) is 7.44. The molecule has 2 aromatic heterocycles. The largest absolute Gasteiger partial charge is 0.502 e. The predicted molar refractivity (Wildman–Crippen MR) is 230 cm³/mol. The average molecular weight is 821 g/mol. The summed E-state index contributed by atoms with van der Waals surface area (Å²) in [5.41, 5.74) is 14.1. The zero-order valence-corrected chi connectivity index (χ0v) is 35.3. The molecule has 3 N–H and O–H groups in total. The summed E-state index contributed by atoms with van der Waals surface area (Å²) in [4.78, 5) is 28.5. The number of nitrogens with two attached hydrogens (primary N) is 1. The van der Waals surface area contributed by atoms with Crippen molar-refractivity contribution in [1.29, 1.82) is 0 Å². The second kappa shape index (κ2) is 17.7. The van der Waals surface area contributed by atoms with Crippen molar-refractivity contribution in [3.8, 4) is 57.2 Å². The molecule has 0 fully saturated rings. The SMILES string of the molecule is [C-]#[N+]c1cc(-c2nc(-c3cccc4c3CC[C@H]4N)no2)ccc1OC(C)C.[C-]#[N+]c1cc(-c2nc(-c3cccc4c3CC[C@H]4NC(=O)OC(C)(C)C)no2)ccc1OC(C)C. The number of carbonyl (C=O) groups excluding carboxylic acids is 1. The van der Waals surface area contributed by atoms with Crippen LogP contribution in [0.2, 0.25) is 0 Å². The Labute approximate surface area is 355 Å². The molecule has 14 heteroatoms. The number of hydrogen-bond donors (Lipinski definition) is 2. The highest BCUT2D eigenvalue weighted by molar-refractivity contribution is 5.73. The van der Waals surface area contributed by atoms with Gasteiger partial charge in [-0.2, -0.15) is 9.97 Å². The zero-order valence-electron chi connectivity index (χ0n) is 35.3. The Kier molecular flexibility index (Phi) is 12.2. The van der Waals surface area contributed by atoms with Gasteiger partial charge in [-0.15, -0.1) is 0 Å². The Morgan fingerprint density at radius 1 is 0.754 bits per heavy atom. The van der Waals surface area contributed by atoms with Crippen LogP contribution in [0, 0.1) is 13.1 Å². The van der Waals surface area contributed by atoms with Crippen LogP contribution in [0.3, 0.4) is 0 Å². The number of amides is 1. The highest BCUT2D eigenvalue weighted by Gasteiger charge is 2.30. The third kappa shape index (κ3) is 9.56. The van der Waals surface area contributed by atoms with Gasteiger partial charge in [-0.1, -0.05) is 46.7 Å². The van der Waals surface area contributed by atoms with E-state index in [-0.39, 0.29) is 24.3 Å². The number of ether oxygens (including phenoxy) is 3. The summed E-state index contributed by atoms with van der Waals surface area (Å²) < 4.78 is 27.8. The Morgan fingerprint density at radius 2 is 1.25 bits per heavy atom. The number of nitrogens with one attached hydrogen (secondary N) is 1. The van der Waals surface area contributed by atoms with Crippen LogP contribution < -0.4 is 20.5 Å². The van der Waals surface area contributed by atoms with E-state index in [1.807, 2.05) is 84.9 Å². The van der Waals surface area contributed by atoms with Crippen LogP contribution >= 0.6 is 0 Å². The molecule has 2 heterocycles. The van der Waals surface area contributed by atoms with Crippen LogP contribution in [0.25, 0.3) is 55.4 Å². The third-order valence-electron chi connectivity index (χ3n) is 9.99. The number of nitrogens with zero attached hydrogens (tertiary/aromatic N) is 6. The normalized spacial score (nSPS) is 15.3. The number of benzene rings is 4. The maximum Gasteiger partial charge on any atom is 0.408 e. The maximum absolute atomic E-state index is 12.3. The molecule has 0 radical (unpaired) electrons. The first-order chi connectivity index (χ1) is 29.2. The van der Waals surface area contributed by atoms with Crippen LogP contribution in [-0.4, -0.2) is 44.2 Å². The molecule has 4 aromatic carbocycles. The van der Waals surface area contributed by atoms with E-state index in [4.69, 9.17) is 42.1 Å². The molecule has 2 aliphatic carbocycles. The minimum absolute atomic E-state index is 0.00194. The Morgan fingerprint density at radius 3 is 1.74 bits per heavy atom. The molecule has 312 valence electrons. The van der Waals surface area contributed by atoms with E-state index in [1.165, 1.54) is 5.56 Å². The van der Waals surface area contributed by atoms with E-state index in [2.05, 4.69) is 41.4 Å². The second-order valence-electron chi connectivity index (χ2n) is 16.4. The lowest BCUT2D eigenvalue weighted by Gasteiger charge is -2.22. The van der Waals surface area contributed by atoms with Gasteiger partial charge in [0.05, 0.1) is 31.4 Å². The van der Waals surface area contributed by atoms with Gasteiger partial charge in [-0.05, 0) is 133 Å². The molecule has 0 bridgehead atoms. The minimum atomic E-state index is -0.555. The Hall–Kier alpha value is -7.03. The van der Waals surface area contributed by atoms with E-state index in [1.54, 1.807) is 30.3 Å². The summed E-state index contributed by atoms with van der Waals surface area (Å²) in [5.74, 6) is 2.80. The minimum Gasteiger partial charge on any atom is -0.502 e. The molecule has 2 aliphatic rings. The van der Waals surface area contributed by atoms with E-state index in [0.717, 1.165) is 53.5 Å². The summed E-state index contributed by atoms with van der Waals surface area (Å²) >= 11 is 0. The number of fused-ring (bicyclic) bond motifs is 2. The number of alkyl carbamates (subject to hydrolysis) is 1. The van der Waals surface area contributed by atoms with Gasteiger partial charge in [0.25, 0.3) is 11.8 Å². The highest BCUT2D eigenvalue weighted by atomic mass is 16.6. The molecule has 0 saturated carbocycles. The molecule has 6 aromatic rings. The average Bonchev–Trinajstić information content (AvgIpc) is 4.05. The number of aromatic nitrogens is 4. The van der Waals surface area contributed by atoms with Crippen molar-refractivity contribution in [2.75, 3.05) is 0 Å². The second-order valence-corrected chi connectivity index (χ2v) is 16.4. The van der Waals surface area contributed by atoms with Crippen LogP contribution in [0.5, 0.6) is 11.5 Å². The van der Waals surface area contributed by atoms with Crippen molar-refractivity contribution >= 4 is 17.5 Å². The van der Waals surface area contributed by atoms with Gasteiger partial charge in [0.1, 0.15) is 17.1 Å².